The fraction of sp³-hybridized carbons (Fsp3) is 0.214. The molecule has 36 heavy (non-hydrogen) atoms. The smallest absolute Gasteiger partial charge is 0.254 e. The first kappa shape index (κ1) is 24.9. The average Bonchev–Trinajstić information content (AvgIpc) is 3.21. The average molecular weight is 490 g/mol. The summed E-state index contributed by atoms with van der Waals surface area (Å²) in [6.45, 7) is 2.67. The largest absolute Gasteiger partial charge is 0.493 e. The van der Waals surface area contributed by atoms with Crippen molar-refractivity contribution in [1.29, 1.82) is 0 Å². The van der Waals surface area contributed by atoms with E-state index in [0.29, 0.717) is 41.8 Å². The molecule has 1 amide bonds. The molecule has 0 bridgehead atoms. The van der Waals surface area contributed by atoms with E-state index >= 15 is 0 Å². The Labute approximate surface area is 209 Å². The monoisotopic (exact) mass is 489 g/mol. The molecule has 0 saturated heterocycles. The van der Waals surface area contributed by atoms with Crippen molar-refractivity contribution in [3.05, 3.63) is 102 Å². The molecule has 4 aromatic rings. The van der Waals surface area contributed by atoms with Crippen LogP contribution in [-0.2, 0) is 11.3 Å². The lowest BCUT2D eigenvalue weighted by Gasteiger charge is -2.23. The van der Waals surface area contributed by atoms with Gasteiger partial charge in [-0.1, -0.05) is 36.4 Å². The highest BCUT2D eigenvalue weighted by molar-refractivity contribution is 5.94. The topological polar surface area (TPSA) is 65.8 Å². The maximum Gasteiger partial charge on any atom is 0.254 e. The van der Waals surface area contributed by atoms with Crippen molar-refractivity contribution in [3.63, 3.8) is 0 Å². The first-order valence-corrected chi connectivity index (χ1v) is 11.5. The number of para-hydroxylation sites is 3. The quantitative estimate of drug-likeness (QED) is 0.298. The third-order valence-electron chi connectivity index (χ3n) is 5.69. The zero-order valence-corrected chi connectivity index (χ0v) is 20.5. The number of carbonyl (C=O) groups is 1. The van der Waals surface area contributed by atoms with Crippen LogP contribution in [0.4, 0.5) is 4.39 Å². The fourth-order valence-electron chi connectivity index (χ4n) is 3.83. The number of halogens is 1. The van der Waals surface area contributed by atoms with E-state index in [1.165, 1.54) is 18.2 Å². The molecule has 0 unspecified atom stereocenters. The molecule has 0 aliphatic carbocycles. The number of aromatic nitrogens is 2. The number of aryl methyl sites for hydroxylation is 1. The molecule has 0 radical (unpaired) electrons. The van der Waals surface area contributed by atoms with Crippen LogP contribution in [0.15, 0.2) is 78.9 Å². The van der Waals surface area contributed by atoms with Gasteiger partial charge in [0.25, 0.3) is 5.91 Å². The number of benzene rings is 3. The second kappa shape index (κ2) is 11.5. The normalized spacial score (nSPS) is 10.8. The molecule has 0 fully saturated rings. The van der Waals surface area contributed by atoms with Crippen LogP contribution in [0.5, 0.6) is 17.4 Å². The van der Waals surface area contributed by atoms with Crippen LogP contribution in [0.1, 0.15) is 21.6 Å². The van der Waals surface area contributed by atoms with Crippen LogP contribution in [0.2, 0.25) is 0 Å². The van der Waals surface area contributed by atoms with Gasteiger partial charge in [-0.25, -0.2) is 9.07 Å². The Balaban J connectivity index is 1.78. The second-order valence-electron chi connectivity index (χ2n) is 8.10. The van der Waals surface area contributed by atoms with Gasteiger partial charge in [0.15, 0.2) is 11.5 Å². The summed E-state index contributed by atoms with van der Waals surface area (Å²) in [5, 5.41) is 4.73. The highest BCUT2D eigenvalue weighted by Crippen LogP contribution is 2.36. The van der Waals surface area contributed by atoms with E-state index in [-0.39, 0.29) is 18.0 Å². The fourth-order valence-corrected chi connectivity index (χ4v) is 3.83. The summed E-state index contributed by atoms with van der Waals surface area (Å²) in [5.41, 5.74) is 2.46. The van der Waals surface area contributed by atoms with Gasteiger partial charge in [-0.05, 0) is 49.4 Å². The number of methoxy groups -OCH3 is 2. The first-order chi connectivity index (χ1) is 17.5. The van der Waals surface area contributed by atoms with Crippen molar-refractivity contribution >= 4 is 5.91 Å². The van der Waals surface area contributed by atoms with Crippen LogP contribution < -0.4 is 9.47 Å². The van der Waals surface area contributed by atoms with Gasteiger partial charge >= 0.3 is 0 Å². The first-order valence-electron chi connectivity index (χ1n) is 11.5. The van der Waals surface area contributed by atoms with E-state index in [0.717, 1.165) is 5.69 Å². The van der Waals surface area contributed by atoms with Crippen molar-refractivity contribution in [3.8, 4) is 23.1 Å². The summed E-state index contributed by atoms with van der Waals surface area (Å²) >= 11 is 0. The lowest BCUT2D eigenvalue weighted by molar-refractivity contribution is 0.0678. The number of hydrogen-bond acceptors (Lipinski definition) is 5. The molecule has 0 atom stereocenters. The maximum absolute atomic E-state index is 13.9. The van der Waals surface area contributed by atoms with Crippen molar-refractivity contribution in [1.82, 2.24) is 14.7 Å². The Kier molecular flexibility index (Phi) is 7.97. The van der Waals surface area contributed by atoms with Crippen LogP contribution in [0, 0.1) is 12.7 Å². The zero-order chi connectivity index (χ0) is 25.5. The third-order valence-corrected chi connectivity index (χ3v) is 5.69. The summed E-state index contributed by atoms with van der Waals surface area (Å²) in [6.07, 6.45) is 0. The lowest BCUT2D eigenvalue weighted by atomic mass is 10.1. The summed E-state index contributed by atoms with van der Waals surface area (Å²) in [4.78, 5) is 15.0. The second-order valence-corrected chi connectivity index (χ2v) is 8.10. The van der Waals surface area contributed by atoms with Crippen LogP contribution in [0.25, 0.3) is 5.69 Å². The van der Waals surface area contributed by atoms with Gasteiger partial charge in [0.05, 0.1) is 37.2 Å². The van der Waals surface area contributed by atoms with E-state index in [4.69, 9.17) is 19.3 Å². The van der Waals surface area contributed by atoms with Crippen LogP contribution in [0.3, 0.4) is 0 Å². The Morgan fingerprint density at radius 3 is 2.39 bits per heavy atom. The summed E-state index contributed by atoms with van der Waals surface area (Å²) < 4.78 is 32.7. The van der Waals surface area contributed by atoms with E-state index < -0.39 is 5.82 Å². The number of amides is 1. The summed E-state index contributed by atoms with van der Waals surface area (Å²) in [5.74, 6) is 0.743. The Hall–Kier alpha value is -4.17. The standard InChI is InChI=1S/C28H28FN3O4/c1-20-24(19-31(16-17-34-2)27(33)21-10-9-11-22(29)18-21)28(32(30-20)23-12-5-4-6-13-23)36-26-15-8-7-14-25(26)35-3/h4-15,18H,16-17,19H2,1-3H3. The van der Waals surface area contributed by atoms with Crippen LogP contribution >= 0.6 is 0 Å². The third kappa shape index (κ3) is 5.55. The van der Waals surface area contributed by atoms with Crippen molar-refractivity contribution in [2.75, 3.05) is 27.4 Å². The minimum Gasteiger partial charge on any atom is -0.493 e. The zero-order valence-electron chi connectivity index (χ0n) is 20.5. The van der Waals surface area contributed by atoms with Crippen molar-refractivity contribution in [2.24, 2.45) is 0 Å². The molecule has 186 valence electrons. The van der Waals surface area contributed by atoms with Gasteiger partial charge in [-0.2, -0.15) is 5.10 Å². The van der Waals surface area contributed by atoms with Gasteiger partial charge in [-0.15, -0.1) is 0 Å². The number of ether oxygens (including phenoxy) is 3. The van der Waals surface area contributed by atoms with E-state index in [9.17, 15) is 9.18 Å². The molecular formula is C28H28FN3O4. The van der Waals surface area contributed by atoms with Crippen LogP contribution in [-0.4, -0.2) is 48.0 Å². The van der Waals surface area contributed by atoms with Gasteiger partial charge < -0.3 is 19.1 Å². The summed E-state index contributed by atoms with van der Waals surface area (Å²) in [7, 11) is 3.15. The molecule has 1 aromatic heterocycles. The van der Waals surface area contributed by atoms with Crippen molar-refractivity contribution in [2.45, 2.75) is 13.5 Å². The number of rotatable bonds is 10. The van der Waals surface area contributed by atoms with Gasteiger partial charge in [0, 0.05) is 19.2 Å². The van der Waals surface area contributed by atoms with E-state index in [2.05, 4.69) is 0 Å². The number of nitrogens with zero attached hydrogens (tertiary/aromatic N) is 3. The predicted octanol–water partition coefficient (Wildman–Crippen LogP) is 5.41. The number of carbonyl (C=O) groups excluding carboxylic acids is 1. The Bertz CT molecular complexity index is 1320. The minimum atomic E-state index is -0.471. The minimum absolute atomic E-state index is 0.182. The Morgan fingerprint density at radius 2 is 1.69 bits per heavy atom. The Morgan fingerprint density at radius 1 is 0.972 bits per heavy atom. The molecule has 0 spiro atoms. The molecule has 0 aliphatic rings. The van der Waals surface area contributed by atoms with Gasteiger partial charge in [0.2, 0.25) is 5.88 Å². The molecule has 7 nitrogen and oxygen atoms in total. The van der Waals surface area contributed by atoms with Gasteiger partial charge in [0.1, 0.15) is 5.82 Å². The molecule has 0 aliphatic heterocycles. The van der Waals surface area contributed by atoms with E-state index in [1.807, 2.05) is 55.5 Å². The van der Waals surface area contributed by atoms with E-state index in [1.54, 1.807) is 35.9 Å². The van der Waals surface area contributed by atoms with Gasteiger partial charge in [-0.3, -0.25) is 4.79 Å². The lowest BCUT2D eigenvalue weighted by Crippen LogP contribution is -2.33. The molecular weight excluding hydrogens is 461 g/mol. The molecule has 4 rings (SSSR count). The predicted molar refractivity (Wildman–Crippen MR) is 134 cm³/mol. The van der Waals surface area contributed by atoms with Crippen molar-refractivity contribution < 1.29 is 23.4 Å². The highest BCUT2D eigenvalue weighted by Gasteiger charge is 2.25. The summed E-state index contributed by atoms with van der Waals surface area (Å²) in [6, 6.07) is 22.6. The number of hydrogen-bond donors (Lipinski definition) is 0. The molecule has 1 heterocycles. The molecule has 0 saturated carbocycles. The molecule has 3 aromatic carbocycles. The molecule has 8 heteroatoms. The highest BCUT2D eigenvalue weighted by atomic mass is 19.1. The SMILES string of the molecule is COCCN(Cc1c(C)nn(-c2ccccc2)c1Oc1ccccc1OC)C(=O)c1cccc(F)c1. The maximum atomic E-state index is 13.9. The molecule has 0 N–H and O–H groups in total.